The quantitative estimate of drug-likeness (QED) is 0.357. The summed E-state index contributed by atoms with van der Waals surface area (Å²) in [7, 11) is 0. The molecule has 2 aromatic rings. The lowest BCUT2D eigenvalue weighted by Crippen LogP contribution is -2.29. The van der Waals surface area contributed by atoms with Crippen molar-refractivity contribution in [3.63, 3.8) is 0 Å². The molecule has 1 fully saturated rings. The molecule has 0 bridgehead atoms. The second-order valence-electron chi connectivity index (χ2n) is 7.68. The van der Waals surface area contributed by atoms with Crippen molar-refractivity contribution in [1.82, 2.24) is 10.2 Å². The van der Waals surface area contributed by atoms with Crippen molar-refractivity contribution < 1.29 is 29.3 Å². The second-order valence-corrected chi connectivity index (χ2v) is 8.50. The third kappa shape index (κ3) is 9.99. The maximum absolute atomic E-state index is 12.1. The molecule has 1 heterocycles. The van der Waals surface area contributed by atoms with E-state index in [1.54, 1.807) is 18.2 Å². The first-order chi connectivity index (χ1) is 16.3. The van der Waals surface area contributed by atoms with Gasteiger partial charge in [0.05, 0.1) is 16.7 Å². The van der Waals surface area contributed by atoms with Gasteiger partial charge >= 0.3 is 11.9 Å². The van der Waals surface area contributed by atoms with Crippen LogP contribution < -0.4 is 10.1 Å². The van der Waals surface area contributed by atoms with Gasteiger partial charge in [-0.05, 0) is 68.2 Å². The Kier molecular flexibility index (Phi) is 11.7. The van der Waals surface area contributed by atoms with Crippen molar-refractivity contribution in [2.24, 2.45) is 0 Å². The Hall–Kier alpha value is -2.81. The van der Waals surface area contributed by atoms with E-state index in [2.05, 4.69) is 22.3 Å². The van der Waals surface area contributed by atoms with Gasteiger partial charge in [0, 0.05) is 18.7 Å². The summed E-state index contributed by atoms with van der Waals surface area (Å²) < 4.78 is 5.85. The Balaban J connectivity index is 0.000000604. The minimum absolute atomic E-state index is 0.165. The third-order valence-electron chi connectivity index (χ3n) is 4.99. The third-order valence-corrected chi connectivity index (χ3v) is 5.73. The number of nitrogens with zero attached hydrogens (tertiary/aromatic N) is 1. The van der Waals surface area contributed by atoms with E-state index in [-0.39, 0.29) is 5.91 Å². The number of likely N-dealkylation sites (tertiary alicyclic amines) is 1. The van der Waals surface area contributed by atoms with Gasteiger partial charge in [-0.25, -0.2) is 9.59 Å². The van der Waals surface area contributed by atoms with Crippen LogP contribution in [0.3, 0.4) is 0 Å². The molecule has 0 atom stereocenters. The van der Waals surface area contributed by atoms with E-state index in [0.29, 0.717) is 28.8 Å². The SMILES string of the molecule is O=C(NCCCOc1cccc(CN2CCCCC2)c1)c1ccc(Cl)c(Cl)c1.O=C(O)C(=O)O. The Bertz CT molecular complexity index is 968. The molecule has 1 aliphatic heterocycles. The number of rotatable bonds is 8. The number of hydrogen-bond donors (Lipinski definition) is 3. The number of halogens is 2. The summed E-state index contributed by atoms with van der Waals surface area (Å²) in [6.45, 7) is 4.44. The zero-order valence-electron chi connectivity index (χ0n) is 18.6. The normalized spacial score (nSPS) is 13.4. The van der Waals surface area contributed by atoms with E-state index in [0.717, 1.165) is 18.7 Å². The van der Waals surface area contributed by atoms with Gasteiger partial charge < -0.3 is 20.3 Å². The lowest BCUT2D eigenvalue weighted by atomic mass is 10.1. The fraction of sp³-hybridized carbons (Fsp3) is 0.375. The van der Waals surface area contributed by atoms with Gasteiger partial charge in [-0.3, -0.25) is 9.69 Å². The molecule has 3 rings (SSSR count). The Morgan fingerprint density at radius 1 is 0.941 bits per heavy atom. The number of carboxylic acids is 2. The lowest BCUT2D eigenvalue weighted by Gasteiger charge is -2.26. The van der Waals surface area contributed by atoms with E-state index in [4.69, 9.17) is 47.7 Å². The molecule has 0 radical (unpaired) electrons. The Morgan fingerprint density at radius 3 is 2.29 bits per heavy atom. The van der Waals surface area contributed by atoms with Crippen LogP contribution in [0.1, 0.15) is 41.6 Å². The van der Waals surface area contributed by atoms with Crippen LogP contribution in [0.25, 0.3) is 0 Å². The molecule has 1 saturated heterocycles. The average molecular weight is 511 g/mol. The number of carboxylic acid groups (broad SMARTS) is 2. The highest BCUT2D eigenvalue weighted by atomic mass is 35.5. The van der Waals surface area contributed by atoms with Crippen molar-refractivity contribution in [3.05, 3.63) is 63.6 Å². The predicted octanol–water partition coefficient (Wildman–Crippen LogP) is 4.33. The van der Waals surface area contributed by atoms with Crippen LogP contribution in [0.15, 0.2) is 42.5 Å². The smallest absolute Gasteiger partial charge is 0.414 e. The molecular formula is C24H28Cl2N2O6. The summed E-state index contributed by atoms with van der Waals surface area (Å²) in [4.78, 5) is 32.8. The van der Waals surface area contributed by atoms with Crippen molar-refractivity contribution in [2.45, 2.75) is 32.2 Å². The van der Waals surface area contributed by atoms with Gasteiger partial charge in [-0.15, -0.1) is 0 Å². The number of benzene rings is 2. The van der Waals surface area contributed by atoms with Crippen LogP contribution in [0, 0.1) is 0 Å². The highest BCUT2D eigenvalue weighted by molar-refractivity contribution is 6.42. The van der Waals surface area contributed by atoms with Crippen molar-refractivity contribution in [1.29, 1.82) is 0 Å². The number of piperidine rings is 1. The number of hydrogen-bond acceptors (Lipinski definition) is 5. The van der Waals surface area contributed by atoms with Crippen LogP contribution in [0.4, 0.5) is 0 Å². The van der Waals surface area contributed by atoms with Gasteiger partial charge in [-0.2, -0.15) is 0 Å². The summed E-state index contributed by atoms with van der Waals surface area (Å²) in [6, 6.07) is 13.1. The molecule has 0 aliphatic carbocycles. The second kappa shape index (κ2) is 14.5. The summed E-state index contributed by atoms with van der Waals surface area (Å²) >= 11 is 11.8. The molecule has 0 saturated carbocycles. The topological polar surface area (TPSA) is 116 Å². The van der Waals surface area contributed by atoms with E-state index in [1.165, 1.54) is 37.9 Å². The van der Waals surface area contributed by atoms with Crippen LogP contribution in [0.2, 0.25) is 10.0 Å². The van der Waals surface area contributed by atoms with Gasteiger partial charge in [0.1, 0.15) is 5.75 Å². The van der Waals surface area contributed by atoms with Crippen LogP contribution in [0.5, 0.6) is 5.75 Å². The summed E-state index contributed by atoms with van der Waals surface area (Å²) in [5.41, 5.74) is 1.79. The first-order valence-electron chi connectivity index (χ1n) is 10.9. The summed E-state index contributed by atoms with van der Waals surface area (Å²) in [5.74, 6) is -2.93. The van der Waals surface area contributed by atoms with Gasteiger partial charge in [-0.1, -0.05) is 41.8 Å². The molecule has 184 valence electrons. The van der Waals surface area contributed by atoms with Gasteiger partial charge in [0.2, 0.25) is 0 Å². The number of nitrogens with one attached hydrogen (secondary N) is 1. The Labute approximate surface area is 208 Å². The summed E-state index contributed by atoms with van der Waals surface area (Å²) in [5, 5.41) is 18.5. The van der Waals surface area contributed by atoms with Gasteiger partial charge in [0.15, 0.2) is 0 Å². The molecule has 8 nitrogen and oxygen atoms in total. The standard InChI is InChI=1S/C22H26Cl2N2O2.C2H2O4/c23-20-9-8-18(15-21(20)24)22(27)25-10-5-13-28-19-7-4-6-17(14-19)16-26-11-2-1-3-12-26;3-1(4)2(5)6/h4,6-9,14-15H,1-3,5,10-13,16H2,(H,25,27);(H,3,4)(H,5,6). The fourth-order valence-electron chi connectivity index (χ4n) is 3.31. The minimum atomic E-state index is -1.82. The van der Waals surface area contributed by atoms with E-state index >= 15 is 0 Å². The Morgan fingerprint density at radius 2 is 1.65 bits per heavy atom. The molecular weight excluding hydrogens is 483 g/mol. The zero-order valence-corrected chi connectivity index (χ0v) is 20.1. The van der Waals surface area contributed by atoms with Crippen molar-refractivity contribution >= 4 is 41.0 Å². The van der Waals surface area contributed by atoms with Crippen LogP contribution in [-0.4, -0.2) is 59.2 Å². The maximum atomic E-state index is 12.1. The van der Waals surface area contributed by atoms with Crippen molar-refractivity contribution in [2.75, 3.05) is 26.2 Å². The number of amides is 1. The molecule has 0 spiro atoms. The number of ether oxygens (including phenoxy) is 1. The number of aliphatic carboxylic acids is 2. The maximum Gasteiger partial charge on any atom is 0.414 e. The highest BCUT2D eigenvalue weighted by Crippen LogP contribution is 2.22. The molecule has 10 heteroatoms. The summed E-state index contributed by atoms with van der Waals surface area (Å²) in [6.07, 6.45) is 4.67. The van der Waals surface area contributed by atoms with E-state index in [1.807, 2.05) is 12.1 Å². The monoisotopic (exact) mass is 510 g/mol. The van der Waals surface area contributed by atoms with Crippen LogP contribution >= 0.6 is 23.2 Å². The zero-order chi connectivity index (χ0) is 24.9. The van der Waals surface area contributed by atoms with E-state index in [9.17, 15) is 4.79 Å². The van der Waals surface area contributed by atoms with Gasteiger partial charge in [0.25, 0.3) is 5.91 Å². The molecule has 0 aromatic heterocycles. The fourth-order valence-corrected chi connectivity index (χ4v) is 3.61. The van der Waals surface area contributed by atoms with Crippen molar-refractivity contribution in [3.8, 4) is 5.75 Å². The first-order valence-corrected chi connectivity index (χ1v) is 11.7. The molecule has 0 unspecified atom stereocenters. The minimum Gasteiger partial charge on any atom is -0.494 e. The lowest BCUT2D eigenvalue weighted by molar-refractivity contribution is -0.159. The number of carbonyl (C=O) groups is 3. The molecule has 3 N–H and O–H groups in total. The molecule has 2 aromatic carbocycles. The molecule has 1 aliphatic rings. The average Bonchev–Trinajstić information content (AvgIpc) is 2.82. The predicted molar refractivity (Wildman–Crippen MR) is 130 cm³/mol. The van der Waals surface area contributed by atoms with Crippen LogP contribution in [-0.2, 0) is 16.1 Å². The molecule has 34 heavy (non-hydrogen) atoms. The van der Waals surface area contributed by atoms with E-state index < -0.39 is 11.9 Å². The molecule has 1 amide bonds. The number of carbonyl (C=O) groups excluding carboxylic acids is 1. The largest absolute Gasteiger partial charge is 0.494 e. The highest BCUT2D eigenvalue weighted by Gasteiger charge is 2.11. The first kappa shape index (κ1) is 27.4.